The number of hydrogen-bond acceptors (Lipinski definition) is 7. The normalized spacial score (nSPS) is 18.9. The summed E-state index contributed by atoms with van der Waals surface area (Å²) >= 11 is 0. The van der Waals surface area contributed by atoms with Crippen LogP contribution in [0.2, 0.25) is 0 Å². The molecule has 1 saturated heterocycles. The van der Waals surface area contributed by atoms with E-state index in [0.717, 1.165) is 16.0 Å². The first-order valence-corrected chi connectivity index (χ1v) is 11.5. The van der Waals surface area contributed by atoms with Gasteiger partial charge in [-0.15, -0.1) is 0 Å². The Labute approximate surface area is 236 Å². The Morgan fingerprint density at radius 3 is 2.26 bits per heavy atom. The molecule has 4 aromatic rings. The number of imidazole rings is 1. The van der Waals surface area contributed by atoms with E-state index in [1.165, 1.54) is 18.3 Å². The van der Waals surface area contributed by atoms with Gasteiger partial charge in [-0.2, -0.15) is 0 Å². The van der Waals surface area contributed by atoms with Gasteiger partial charge in [0.1, 0.15) is 43.0 Å². The Bertz CT molecular complexity index is 1570. The van der Waals surface area contributed by atoms with E-state index in [2.05, 4.69) is 25.3 Å². The maximum atomic E-state index is 13.2. The lowest BCUT2D eigenvalue weighted by Crippen LogP contribution is -2.86. The van der Waals surface area contributed by atoms with E-state index in [-0.39, 0.29) is 17.2 Å². The molecule has 0 aliphatic carbocycles. The molecule has 172 valence electrons. The van der Waals surface area contributed by atoms with Crippen LogP contribution in [-0.2, 0) is 11.8 Å². The van der Waals surface area contributed by atoms with Crippen LogP contribution in [0.1, 0.15) is 10.4 Å². The second-order valence-corrected chi connectivity index (χ2v) is 9.38. The van der Waals surface area contributed by atoms with Crippen LogP contribution in [0, 0.1) is 0 Å². The molecule has 0 bridgehead atoms. The fourth-order valence-corrected chi connectivity index (χ4v) is 4.18. The Morgan fingerprint density at radius 2 is 1.62 bits per heavy atom. The quantitative estimate of drug-likeness (QED) is 0.345. The third-order valence-electron chi connectivity index (χ3n) is 6.46. The van der Waals surface area contributed by atoms with Gasteiger partial charge in [0.25, 0.3) is 5.91 Å². The maximum absolute atomic E-state index is 13.2. The Hall–Kier alpha value is -3.33. The van der Waals surface area contributed by atoms with Crippen molar-refractivity contribution in [2.75, 3.05) is 10.2 Å². The molecule has 4 aromatic heterocycles. The fraction of sp³-hybridized carbons (Fsp3) is 0.227. The summed E-state index contributed by atoms with van der Waals surface area (Å²) in [6, 6.07) is 8.11. The van der Waals surface area contributed by atoms with E-state index in [0.29, 0.717) is 11.2 Å². The number of ether oxygens (including phenoxy) is 1. The number of aryl methyl sites for hydroxylation is 1. The van der Waals surface area contributed by atoms with Crippen LogP contribution >= 0.6 is 0 Å². The standard InChI is InChI=1S/C22H13B8N7O2/c1-36-10-31-9-15(36)13-3-2-12-8-33-16(7-14(12)34-13)35-18(38)11-4-5-32-17(6-11)37-19(23,24)21(27,28)39-22(29,30)20(37,25)26/h2-10H,1H3,(H,33,35,38). The van der Waals surface area contributed by atoms with Gasteiger partial charge in [0.05, 0.1) is 60.8 Å². The topological polar surface area (TPSA) is 98.1 Å². The molecular weight excluding hydrogens is 481 g/mol. The molecule has 0 unspecified atom stereocenters. The SMILES string of the molecule is [B]C1([B])OC([B])([B])C([B])([B])N(c2cc(C(=O)Nc3cc4nc(-c5cncn5C)ccc4cn3)ccn2)C1([B])[B]. The van der Waals surface area contributed by atoms with Crippen molar-refractivity contribution in [1.29, 1.82) is 0 Å². The number of morpholine rings is 1. The highest BCUT2D eigenvalue weighted by atomic mass is 16.5. The Balaban J connectivity index is 1.46. The summed E-state index contributed by atoms with van der Waals surface area (Å²) in [5.41, 5.74) is 2.26. The fourth-order valence-electron chi connectivity index (χ4n) is 4.18. The van der Waals surface area contributed by atoms with Crippen molar-refractivity contribution < 1.29 is 9.53 Å². The van der Waals surface area contributed by atoms with Gasteiger partial charge >= 0.3 is 0 Å². The molecule has 0 spiro atoms. The highest BCUT2D eigenvalue weighted by molar-refractivity contribution is 6.61. The number of nitrogens with zero attached hydrogens (tertiary/aromatic N) is 6. The molecule has 5 rings (SSSR count). The number of carbonyl (C=O) groups excluding carboxylic acids is 1. The van der Waals surface area contributed by atoms with Gasteiger partial charge in [-0.05, 0) is 45.7 Å². The van der Waals surface area contributed by atoms with Crippen molar-refractivity contribution in [2.45, 2.75) is 21.5 Å². The highest BCUT2D eigenvalue weighted by Gasteiger charge is 2.57. The number of carbonyl (C=O) groups is 1. The van der Waals surface area contributed by atoms with Crippen LogP contribution in [0.15, 0.2) is 55.2 Å². The molecule has 1 N–H and O–H groups in total. The van der Waals surface area contributed by atoms with Gasteiger partial charge in [-0.3, -0.25) is 4.79 Å². The number of hydrogen-bond donors (Lipinski definition) is 1. The monoisotopic (exact) mass is 495 g/mol. The van der Waals surface area contributed by atoms with Gasteiger partial charge in [-0.1, -0.05) is 0 Å². The van der Waals surface area contributed by atoms with Crippen LogP contribution in [0.3, 0.4) is 0 Å². The number of amides is 1. The zero-order valence-electron chi connectivity index (χ0n) is 20.8. The van der Waals surface area contributed by atoms with Gasteiger partial charge < -0.3 is 19.5 Å². The number of rotatable bonds is 4. The summed E-state index contributed by atoms with van der Waals surface area (Å²) < 4.78 is 7.07. The van der Waals surface area contributed by atoms with Crippen molar-refractivity contribution in [3.8, 4) is 11.4 Å². The molecule has 1 aliphatic heterocycles. The van der Waals surface area contributed by atoms with Crippen LogP contribution in [-0.4, -0.2) is 115 Å². The molecular formula is C22H13B8N7O2. The lowest BCUT2D eigenvalue weighted by molar-refractivity contribution is -0.0256. The van der Waals surface area contributed by atoms with Crippen LogP contribution < -0.4 is 10.2 Å². The predicted octanol–water partition coefficient (Wildman–Crippen LogP) is -1.52. The van der Waals surface area contributed by atoms with Crippen LogP contribution in [0.25, 0.3) is 22.3 Å². The van der Waals surface area contributed by atoms with E-state index in [1.807, 2.05) is 23.7 Å². The molecule has 17 heteroatoms. The molecule has 39 heavy (non-hydrogen) atoms. The van der Waals surface area contributed by atoms with Gasteiger partial charge in [0, 0.05) is 36.5 Å². The number of aromatic nitrogens is 5. The van der Waals surface area contributed by atoms with Gasteiger partial charge in [0.15, 0.2) is 0 Å². The smallest absolute Gasteiger partial charge is 0.257 e. The third kappa shape index (κ3) is 4.50. The number of pyridine rings is 3. The summed E-state index contributed by atoms with van der Waals surface area (Å²) in [4.78, 5) is 31.3. The first-order chi connectivity index (χ1) is 18.1. The lowest BCUT2D eigenvalue weighted by atomic mass is 9.30. The van der Waals surface area contributed by atoms with E-state index in [1.54, 1.807) is 24.8 Å². The van der Waals surface area contributed by atoms with Crippen molar-refractivity contribution >= 4 is 91.2 Å². The molecule has 9 nitrogen and oxygen atoms in total. The van der Waals surface area contributed by atoms with E-state index < -0.39 is 27.4 Å². The summed E-state index contributed by atoms with van der Waals surface area (Å²) in [5.74, 6) is -0.411. The zero-order chi connectivity index (χ0) is 28.4. The number of nitrogens with one attached hydrogen (secondary N) is 1. The molecule has 0 atom stereocenters. The zero-order valence-corrected chi connectivity index (χ0v) is 20.8. The summed E-state index contributed by atoms with van der Waals surface area (Å²) in [7, 11) is 50.4. The average Bonchev–Trinajstić information content (AvgIpc) is 3.28. The second kappa shape index (κ2) is 9.11. The molecule has 1 amide bonds. The minimum absolute atomic E-state index is 0.101. The molecule has 0 aromatic carbocycles. The summed E-state index contributed by atoms with van der Waals surface area (Å²) in [5, 5.41) is -5.68. The van der Waals surface area contributed by atoms with Crippen LogP contribution in [0.4, 0.5) is 11.6 Å². The highest BCUT2D eigenvalue weighted by Crippen LogP contribution is 2.42. The largest absolute Gasteiger partial charge is 0.405 e. The minimum atomic E-state index is -2.32. The first-order valence-electron chi connectivity index (χ1n) is 11.5. The molecule has 1 fully saturated rings. The summed E-state index contributed by atoms with van der Waals surface area (Å²) in [6.45, 7) is 0. The molecule has 0 saturated carbocycles. The lowest BCUT2D eigenvalue weighted by Gasteiger charge is -2.70. The number of fused-ring (bicyclic) bond motifs is 1. The molecule has 1 aliphatic rings. The first kappa shape index (κ1) is 27.2. The second-order valence-electron chi connectivity index (χ2n) is 9.38. The van der Waals surface area contributed by atoms with Crippen molar-refractivity contribution in [3.63, 3.8) is 0 Å². The van der Waals surface area contributed by atoms with Crippen LogP contribution in [0.5, 0.6) is 0 Å². The van der Waals surface area contributed by atoms with E-state index in [4.69, 9.17) is 67.5 Å². The van der Waals surface area contributed by atoms with Crippen molar-refractivity contribution in [1.82, 2.24) is 24.5 Å². The third-order valence-corrected chi connectivity index (χ3v) is 6.46. The number of anilines is 2. The summed E-state index contributed by atoms with van der Waals surface area (Å²) in [6.07, 6.45) is 6.28. The van der Waals surface area contributed by atoms with E-state index in [9.17, 15) is 4.79 Å². The van der Waals surface area contributed by atoms with Crippen molar-refractivity contribution in [2.24, 2.45) is 7.05 Å². The van der Waals surface area contributed by atoms with Crippen molar-refractivity contribution in [3.05, 3.63) is 60.8 Å². The maximum Gasteiger partial charge on any atom is 0.257 e. The van der Waals surface area contributed by atoms with Gasteiger partial charge in [-0.25, -0.2) is 19.9 Å². The minimum Gasteiger partial charge on any atom is -0.405 e. The Morgan fingerprint density at radius 1 is 0.923 bits per heavy atom. The molecule has 5 heterocycles. The Kier molecular flexibility index (Phi) is 6.37. The van der Waals surface area contributed by atoms with Gasteiger partial charge in [0.2, 0.25) is 0 Å². The van der Waals surface area contributed by atoms with E-state index >= 15 is 0 Å². The average molecular weight is 494 g/mol. The predicted molar refractivity (Wildman–Crippen MR) is 154 cm³/mol. The molecule has 16 radical (unpaired) electrons.